The number of aromatic nitrogens is 2. The minimum Gasteiger partial charge on any atom is -0.486 e. The molecule has 0 saturated carbocycles. The standard InChI is InChI=1S/C12H12Cl2N2O/c1-8-5-10(15-16(8)2)7-17-12-4-3-9(13)6-11(12)14/h3-6H,7H2,1-2H3. The Kier molecular flexibility index (Phi) is 3.60. The van der Waals surface area contributed by atoms with E-state index < -0.39 is 0 Å². The van der Waals surface area contributed by atoms with Crippen molar-refractivity contribution in [1.82, 2.24) is 9.78 Å². The fraction of sp³-hybridized carbons (Fsp3) is 0.250. The molecule has 0 saturated heterocycles. The van der Waals surface area contributed by atoms with Crippen LogP contribution in [0.25, 0.3) is 0 Å². The van der Waals surface area contributed by atoms with Gasteiger partial charge >= 0.3 is 0 Å². The molecule has 0 spiro atoms. The molecule has 2 aromatic rings. The molecule has 0 atom stereocenters. The van der Waals surface area contributed by atoms with Gasteiger partial charge < -0.3 is 4.74 Å². The van der Waals surface area contributed by atoms with Crippen molar-refractivity contribution in [1.29, 1.82) is 0 Å². The molecule has 0 bridgehead atoms. The molecule has 0 aliphatic carbocycles. The molecule has 0 unspecified atom stereocenters. The van der Waals surface area contributed by atoms with Crippen LogP contribution in [0.15, 0.2) is 24.3 Å². The molecule has 1 heterocycles. The van der Waals surface area contributed by atoms with E-state index in [0.717, 1.165) is 11.4 Å². The molecule has 0 aliphatic heterocycles. The molecule has 3 nitrogen and oxygen atoms in total. The number of benzene rings is 1. The number of hydrogen-bond acceptors (Lipinski definition) is 2. The second kappa shape index (κ2) is 4.98. The van der Waals surface area contributed by atoms with Gasteiger partial charge in [-0.3, -0.25) is 4.68 Å². The van der Waals surface area contributed by atoms with Gasteiger partial charge in [-0.05, 0) is 31.2 Å². The zero-order valence-corrected chi connectivity index (χ0v) is 11.1. The van der Waals surface area contributed by atoms with E-state index in [1.165, 1.54) is 0 Å². The van der Waals surface area contributed by atoms with Gasteiger partial charge in [-0.25, -0.2) is 0 Å². The third-order valence-electron chi connectivity index (χ3n) is 2.43. The first-order valence-corrected chi connectivity index (χ1v) is 5.89. The summed E-state index contributed by atoms with van der Waals surface area (Å²) in [5.74, 6) is 0.611. The van der Waals surface area contributed by atoms with Gasteiger partial charge in [0.25, 0.3) is 0 Å². The third kappa shape index (κ3) is 2.93. The van der Waals surface area contributed by atoms with E-state index in [-0.39, 0.29) is 0 Å². The molecule has 90 valence electrons. The molecule has 0 fully saturated rings. The summed E-state index contributed by atoms with van der Waals surface area (Å²) in [5.41, 5.74) is 1.96. The molecule has 0 aliphatic rings. The first kappa shape index (κ1) is 12.3. The second-order valence-electron chi connectivity index (χ2n) is 3.76. The SMILES string of the molecule is Cc1cc(COc2ccc(Cl)cc2Cl)nn1C. The number of nitrogens with zero attached hydrogens (tertiary/aromatic N) is 2. The lowest BCUT2D eigenvalue weighted by molar-refractivity contribution is 0.300. The molecule has 2 rings (SSSR count). The number of ether oxygens (including phenoxy) is 1. The fourth-order valence-electron chi connectivity index (χ4n) is 1.45. The summed E-state index contributed by atoms with van der Waals surface area (Å²) < 4.78 is 7.39. The van der Waals surface area contributed by atoms with Crippen molar-refractivity contribution in [3.8, 4) is 5.75 Å². The van der Waals surface area contributed by atoms with E-state index in [0.29, 0.717) is 22.4 Å². The van der Waals surface area contributed by atoms with E-state index in [1.54, 1.807) is 18.2 Å². The lowest BCUT2D eigenvalue weighted by atomic mass is 10.3. The van der Waals surface area contributed by atoms with E-state index in [2.05, 4.69) is 5.10 Å². The highest BCUT2D eigenvalue weighted by Crippen LogP contribution is 2.28. The van der Waals surface area contributed by atoms with Crippen LogP contribution in [0.5, 0.6) is 5.75 Å². The number of halogens is 2. The normalized spacial score (nSPS) is 10.6. The fourth-order valence-corrected chi connectivity index (χ4v) is 1.91. The number of rotatable bonds is 3. The van der Waals surface area contributed by atoms with Crippen LogP contribution in [0.2, 0.25) is 10.0 Å². The van der Waals surface area contributed by atoms with E-state index in [1.807, 2.05) is 24.7 Å². The van der Waals surface area contributed by atoms with Gasteiger partial charge in [0.1, 0.15) is 18.1 Å². The molecule has 0 amide bonds. The highest BCUT2D eigenvalue weighted by Gasteiger charge is 2.05. The van der Waals surface area contributed by atoms with Crippen molar-refractivity contribution in [3.63, 3.8) is 0 Å². The Morgan fingerprint density at radius 2 is 2.06 bits per heavy atom. The molecule has 0 N–H and O–H groups in total. The summed E-state index contributed by atoms with van der Waals surface area (Å²) in [4.78, 5) is 0. The predicted molar refractivity (Wildman–Crippen MR) is 68.7 cm³/mol. The van der Waals surface area contributed by atoms with E-state index in [9.17, 15) is 0 Å². The van der Waals surface area contributed by atoms with Gasteiger partial charge in [-0.15, -0.1) is 0 Å². The van der Waals surface area contributed by atoms with Crippen molar-refractivity contribution in [3.05, 3.63) is 45.7 Å². The van der Waals surface area contributed by atoms with Crippen LogP contribution in [0, 0.1) is 6.92 Å². The van der Waals surface area contributed by atoms with E-state index in [4.69, 9.17) is 27.9 Å². The first-order valence-electron chi connectivity index (χ1n) is 5.13. The highest BCUT2D eigenvalue weighted by atomic mass is 35.5. The molecule has 1 aromatic heterocycles. The Morgan fingerprint density at radius 3 is 2.65 bits per heavy atom. The van der Waals surface area contributed by atoms with Crippen LogP contribution in [-0.4, -0.2) is 9.78 Å². The van der Waals surface area contributed by atoms with Gasteiger partial charge in [0.15, 0.2) is 0 Å². The van der Waals surface area contributed by atoms with Crippen LogP contribution in [0.3, 0.4) is 0 Å². The first-order chi connectivity index (χ1) is 8.06. The summed E-state index contributed by atoms with van der Waals surface area (Å²) in [5, 5.41) is 5.39. The zero-order chi connectivity index (χ0) is 12.4. The third-order valence-corrected chi connectivity index (χ3v) is 2.96. The lowest BCUT2D eigenvalue weighted by Crippen LogP contribution is -1.98. The van der Waals surface area contributed by atoms with E-state index >= 15 is 0 Å². The Morgan fingerprint density at radius 1 is 1.29 bits per heavy atom. The predicted octanol–water partition coefficient (Wildman–Crippen LogP) is 3.61. The maximum atomic E-state index is 6.00. The largest absolute Gasteiger partial charge is 0.486 e. The Hall–Kier alpha value is -1.19. The van der Waals surface area contributed by atoms with Crippen molar-refractivity contribution in [2.24, 2.45) is 7.05 Å². The Labute approximate surface area is 110 Å². The lowest BCUT2D eigenvalue weighted by Gasteiger charge is -2.06. The summed E-state index contributed by atoms with van der Waals surface area (Å²) in [6, 6.07) is 7.12. The van der Waals surface area contributed by atoms with Crippen LogP contribution in [-0.2, 0) is 13.7 Å². The Bertz CT molecular complexity index is 518. The van der Waals surface area contributed by atoms with Crippen LogP contribution >= 0.6 is 23.2 Å². The molecule has 5 heteroatoms. The minimum atomic E-state index is 0.392. The average Bonchev–Trinajstić information content (AvgIpc) is 2.57. The zero-order valence-electron chi connectivity index (χ0n) is 9.58. The van der Waals surface area contributed by atoms with Crippen LogP contribution in [0.4, 0.5) is 0 Å². The van der Waals surface area contributed by atoms with Crippen molar-refractivity contribution >= 4 is 23.2 Å². The van der Waals surface area contributed by atoms with Crippen LogP contribution < -0.4 is 4.74 Å². The Balaban J connectivity index is 2.07. The monoisotopic (exact) mass is 270 g/mol. The van der Waals surface area contributed by atoms with Crippen molar-refractivity contribution in [2.45, 2.75) is 13.5 Å². The molecule has 1 aromatic carbocycles. The minimum absolute atomic E-state index is 0.392. The second-order valence-corrected chi connectivity index (χ2v) is 4.61. The van der Waals surface area contributed by atoms with Gasteiger partial charge in [0, 0.05) is 17.8 Å². The molecule has 17 heavy (non-hydrogen) atoms. The smallest absolute Gasteiger partial charge is 0.138 e. The van der Waals surface area contributed by atoms with Gasteiger partial charge in [0.05, 0.1) is 5.02 Å². The summed E-state index contributed by atoms with van der Waals surface area (Å²) >= 11 is 11.8. The molecular formula is C12H12Cl2N2O. The summed E-state index contributed by atoms with van der Waals surface area (Å²) in [7, 11) is 1.90. The molecule has 0 radical (unpaired) electrons. The molecular weight excluding hydrogens is 259 g/mol. The summed E-state index contributed by atoms with van der Waals surface area (Å²) in [6.45, 7) is 2.38. The number of aryl methyl sites for hydroxylation is 2. The topological polar surface area (TPSA) is 27.1 Å². The maximum Gasteiger partial charge on any atom is 0.138 e. The van der Waals surface area contributed by atoms with Crippen LogP contribution in [0.1, 0.15) is 11.4 Å². The quantitative estimate of drug-likeness (QED) is 0.852. The van der Waals surface area contributed by atoms with Gasteiger partial charge in [0.2, 0.25) is 0 Å². The maximum absolute atomic E-state index is 6.00. The van der Waals surface area contributed by atoms with Crippen molar-refractivity contribution in [2.75, 3.05) is 0 Å². The van der Waals surface area contributed by atoms with Gasteiger partial charge in [-0.1, -0.05) is 23.2 Å². The highest BCUT2D eigenvalue weighted by molar-refractivity contribution is 6.35. The average molecular weight is 271 g/mol. The summed E-state index contributed by atoms with van der Waals surface area (Å²) in [6.07, 6.45) is 0. The van der Waals surface area contributed by atoms with Gasteiger partial charge in [-0.2, -0.15) is 5.10 Å². The number of hydrogen-bond donors (Lipinski definition) is 0. The van der Waals surface area contributed by atoms with Crippen molar-refractivity contribution < 1.29 is 4.74 Å².